The number of ether oxygens (including phenoxy) is 1. The van der Waals surface area contributed by atoms with E-state index in [-0.39, 0.29) is 5.54 Å². The van der Waals surface area contributed by atoms with Gasteiger partial charge in [0.15, 0.2) is 0 Å². The monoisotopic (exact) mass is 240 g/mol. The molecule has 16 heavy (non-hydrogen) atoms. The van der Waals surface area contributed by atoms with E-state index in [1.165, 1.54) is 17.8 Å². The number of thiazole rings is 1. The summed E-state index contributed by atoms with van der Waals surface area (Å²) in [6, 6.07) is 0. The van der Waals surface area contributed by atoms with Crippen LogP contribution in [0, 0.1) is 0 Å². The predicted molar refractivity (Wildman–Crippen MR) is 66.9 cm³/mol. The second kappa shape index (κ2) is 4.82. The maximum atomic E-state index is 5.17. The quantitative estimate of drug-likeness (QED) is 0.829. The first kappa shape index (κ1) is 12.0. The van der Waals surface area contributed by atoms with Crippen LogP contribution in [0.15, 0.2) is 5.38 Å². The first-order valence-corrected chi connectivity index (χ1v) is 6.67. The predicted octanol–water partition coefficient (Wildman–Crippen LogP) is 2.54. The molecule has 0 saturated heterocycles. The van der Waals surface area contributed by atoms with Gasteiger partial charge in [0.2, 0.25) is 0 Å². The molecular formula is C12H20N2OS. The Hall–Kier alpha value is -0.450. The lowest BCUT2D eigenvalue weighted by Crippen LogP contribution is -2.42. The van der Waals surface area contributed by atoms with Gasteiger partial charge in [0, 0.05) is 30.5 Å². The molecule has 4 heteroatoms. The third kappa shape index (κ3) is 3.27. The minimum atomic E-state index is 0.0120. The number of rotatable bonds is 6. The van der Waals surface area contributed by atoms with E-state index in [1.807, 2.05) is 0 Å². The van der Waals surface area contributed by atoms with Crippen molar-refractivity contribution in [2.75, 3.05) is 13.7 Å². The molecule has 3 nitrogen and oxygen atoms in total. The smallest absolute Gasteiger partial charge is 0.0959 e. The number of methoxy groups -OCH3 is 1. The first-order valence-electron chi connectivity index (χ1n) is 5.79. The van der Waals surface area contributed by atoms with Crippen LogP contribution in [0.3, 0.4) is 0 Å². The highest BCUT2D eigenvalue weighted by molar-refractivity contribution is 7.09. The van der Waals surface area contributed by atoms with E-state index in [2.05, 4.69) is 29.5 Å². The summed E-state index contributed by atoms with van der Waals surface area (Å²) in [5.41, 5.74) is 1.18. The van der Waals surface area contributed by atoms with Crippen molar-refractivity contribution in [3.8, 4) is 0 Å². The van der Waals surface area contributed by atoms with E-state index in [1.54, 1.807) is 18.4 Å². The van der Waals surface area contributed by atoms with E-state index in [4.69, 9.17) is 4.74 Å². The number of aromatic nitrogens is 1. The molecule has 0 spiro atoms. The van der Waals surface area contributed by atoms with Crippen LogP contribution in [0.1, 0.15) is 43.3 Å². The van der Waals surface area contributed by atoms with E-state index in [9.17, 15) is 0 Å². The van der Waals surface area contributed by atoms with Crippen molar-refractivity contribution in [1.29, 1.82) is 0 Å². The molecule has 1 aliphatic rings. The molecule has 0 aliphatic heterocycles. The highest BCUT2D eigenvalue weighted by atomic mass is 32.1. The van der Waals surface area contributed by atoms with Crippen LogP contribution in [-0.4, -0.2) is 24.2 Å². The Morgan fingerprint density at radius 1 is 1.56 bits per heavy atom. The van der Waals surface area contributed by atoms with Gasteiger partial charge in [0.25, 0.3) is 0 Å². The van der Waals surface area contributed by atoms with Crippen molar-refractivity contribution in [2.45, 2.75) is 44.7 Å². The fourth-order valence-electron chi connectivity index (χ4n) is 1.66. The van der Waals surface area contributed by atoms with Crippen molar-refractivity contribution in [3.05, 3.63) is 16.1 Å². The molecule has 1 N–H and O–H groups in total. The Morgan fingerprint density at radius 2 is 2.31 bits per heavy atom. The van der Waals surface area contributed by atoms with Gasteiger partial charge in [0.05, 0.1) is 17.3 Å². The summed E-state index contributed by atoms with van der Waals surface area (Å²) < 4.78 is 5.17. The zero-order chi connectivity index (χ0) is 11.6. The van der Waals surface area contributed by atoms with Gasteiger partial charge in [-0.05, 0) is 26.7 Å². The summed E-state index contributed by atoms with van der Waals surface area (Å²) in [7, 11) is 1.73. The van der Waals surface area contributed by atoms with Crippen LogP contribution in [0.5, 0.6) is 0 Å². The third-order valence-corrected chi connectivity index (χ3v) is 3.81. The Bertz CT molecular complexity index is 345. The molecule has 1 heterocycles. The summed E-state index contributed by atoms with van der Waals surface area (Å²) in [5, 5.41) is 6.96. The van der Waals surface area contributed by atoms with E-state index < -0.39 is 0 Å². The fourth-order valence-corrected chi connectivity index (χ4v) is 2.65. The van der Waals surface area contributed by atoms with E-state index >= 15 is 0 Å². The topological polar surface area (TPSA) is 34.1 Å². The number of nitrogens with one attached hydrogen (secondary N) is 1. The average molecular weight is 240 g/mol. The van der Waals surface area contributed by atoms with Crippen molar-refractivity contribution in [3.63, 3.8) is 0 Å². The molecule has 1 aliphatic carbocycles. The Labute approximate surface area is 101 Å². The van der Waals surface area contributed by atoms with Gasteiger partial charge in [-0.2, -0.15) is 0 Å². The molecule has 90 valence electrons. The largest absolute Gasteiger partial charge is 0.383 e. The minimum absolute atomic E-state index is 0.0120. The van der Waals surface area contributed by atoms with E-state index in [0.717, 1.165) is 18.2 Å². The second-order valence-corrected chi connectivity index (χ2v) is 6.01. The number of hydrogen-bond acceptors (Lipinski definition) is 4. The van der Waals surface area contributed by atoms with Crippen LogP contribution in [0.2, 0.25) is 0 Å². The van der Waals surface area contributed by atoms with Gasteiger partial charge in [-0.15, -0.1) is 11.3 Å². The molecule has 0 atom stereocenters. The summed E-state index contributed by atoms with van der Waals surface area (Å²) in [5.74, 6) is 0.769. The summed E-state index contributed by atoms with van der Waals surface area (Å²) in [4.78, 5) is 4.65. The lowest BCUT2D eigenvalue weighted by atomic mass is 10.1. The molecule has 1 saturated carbocycles. The molecule has 0 bridgehead atoms. The van der Waals surface area contributed by atoms with Gasteiger partial charge < -0.3 is 10.1 Å². The van der Waals surface area contributed by atoms with Crippen LogP contribution in [-0.2, 0) is 11.3 Å². The van der Waals surface area contributed by atoms with Gasteiger partial charge >= 0.3 is 0 Å². The molecule has 1 aromatic heterocycles. The van der Waals surface area contributed by atoms with E-state index in [0.29, 0.717) is 6.61 Å². The lowest BCUT2D eigenvalue weighted by Gasteiger charge is -2.24. The Balaban J connectivity index is 1.84. The van der Waals surface area contributed by atoms with Crippen molar-refractivity contribution in [2.24, 2.45) is 0 Å². The Kier molecular flexibility index (Phi) is 3.62. The maximum Gasteiger partial charge on any atom is 0.0959 e. The first-order chi connectivity index (χ1) is 7.61. The zero-order valence-electron chi connectivity index (χ0n) is 10.2. The normalized spacial score (nSPS) is 16.7. The third-order valence-electron chi connectivity index (χ3n) is 2.75. The van der Waals surface area contributed by atoms with Crippen LogP contribution < -0.4 is 5.32 Å². The minimum Gasteiger partial charge on any atom is -0.383 e. The van der Waals surface area contributed by atoms with Crippen LogP contribution in [0.4, 0.5) is 0 Å². The van der Waals surface area contributed by atoms with Crippen LogP contribution in [0.25, 0.3) is 0 Å². The molecule has 2 rings (SSSR count). The highest BCUT2D eigenvalue weighted by Gasteiger charge is 2.26. The SMILES string of the molecule is COCC(C)(C)NCc1csc(C2CC2)n1. The van der Waals surface area contributed by atoms with Crippen molar-refractivity contribution < 1.29 is 4.74 Å². The zero-order valence-corrected chi connectivity index (χ0v) is 11.1. The second-order valence-electron chi connectivity index (χ2n) is 5.12. The van der Waals surface area contributed by atoms with Gasteiger partial charge in [-0.25, -0.2) is 4.98 Å². The van der Waals surface area contributed by atoms with Crippen molar-refractivity contribution >= 4 is 11.3 Å². The maximum absolute atomic E-state index is 5.17. The molecule has 0 amide bonds. The lowest BCUT2D eigenvalue weighted by molar-refractivity contribution is 0.127. The van der Waals surface area contributed by atoms with Crippen LogP contribution >= 0.6 is 11.3 Å². The Morgan fingerprint density at radius 3 is 2.94 bits per heavy atom. The summed E-state index contributed by atoms with van der Waals surface area (Å²) >= 11 is 1.80. The summed E-state index contributed by atoms with van der Waals surface area (Å²) in [6.07, 6.45) is 2.66. The molecule has 0 unspecified atom stereocenters. The molecular weight excluding hydrogens is 220 g/mol. The average Bonchev–Trinajstić information content (AvgIpc) is 2.95. The molecule has 1 aromatic rings. The highest BCUT2D eigenvalue weighted by Crippen LogP contribution is 2.41. The van der Waals surface area contributed by atoms with Gasteiger partial charge in [-0.3, -0.25) is 0 Å². The van der Waals surface area contributed by atoms with Gasteiger partial charge in [-0.1, -0.05) is 0 Å². The molecule has 0 aromatic carbocycles. The number of nitrogens with zero attached hydrogens (tertiary/aromatic N) is 1. The summed E-state index contributed by atoms with van der Waals surface area (Å²) in [6.45, 7) is 5.83. The fraction of sp³-hybridized carbons (Fsp3) is 0.750. The van der Waals surface area contributed by atoms with Crippen molar-refractivity contribution in [1.82, 2.24) is 10.3 Å². The van der Waals surface area contributed by atoms with Gasteiger partial charge in [0.1, 0.15) is 0 Å². The molecule has 0 radical (unpaired) electrons. The molecule has 1 fully saturated rings. The standard InChI is InChI=1S/C12H20N2OS/c1-12(2,8-15-3)13-6-10-7-16-11(14-10)9-4-5-9/h7,9,13H,4-6,8H2,1-3H3. The number of hydrogen-bond donors (Lipinski definition) is 1.